The Morgan fingerprint density at radius 3 is 2.44 bits per heavy atom. The number of benzene rings is 1. The highest BCUT2D eigenvalue weighted by molar-refractivity contribution is 7.91. The van der Waals surface area contributed by atoms with E-state index in [2.05, 4.69) is 0 Å². The van der Waals surface area contributed by atoms with Gasteiger partial charge in [-0.1, -0.05) is 6.07 Å². The summed E-state index contributed by atoms with van der Waals surface area (Å²) in [6.07, 6.45) is 0. The Balaban J connectivity index is 3.43. The number of rotatable bonds is 4. The van der Waals surface area contributed by atoms with E-state index in [0.29, 0.717) is 5.75 Å². The van der Waals surface area contributed by atoms with Crippen LogP contribution in [0, 0.1) is 13.8 Å². The maximum absolute atomic E-state index is 12.0. The number of nitrogens with two attached hydrogens (primary N) is 1. The van der Waals surface area contributed by atoms with Gasteiger partial charge in [0.05, 0.1) is 12.9 Å². The molecule has 0 spiro atoms. The average molecular weight is 243 g/mol. The van der Waals surface area contributed by atoms with Crippen LogP contribution in [0.4, 0.5) is 0 Å². The van der Waals surface area contributed by atoms with Gasteiger partial charge in [0.1, 0.15) is 10.6 Å². The minimum atomic E-state index is -3.35. The first-order valence-corrected chi connectivity index (χ1v) is 6.65. The Morgan fingerprint density at radius 1 is 1.31 bits per heavy atom. The van der Waals surface area contributed by atoms with E-state index in [9.17, 15) is 8.42 Å². The van der Waals surface area contributed by atoms with Crippen molar-refractivity contribution in [2.45, 2.75) is 18.7 Å². The quantitative estimate of drug-likeness (QED) is 0.858. The molecule has 0 radical (unpaired) electrons. The molecule has 0 aromatic heterocycles. The Hall–Kier alpha value is -1.07. The van der Waals surface area contributed by atoms with Crippen molar-refractivity contribution in [3.63, 3.8) is 0 Å². The lowest BCUT2D eigenvalue weighted by Gasteiger charge is -2.12. The molecule has 0 saturated carbocycles. The van der Waals surface area contributed by atoms with E-state index in [4.69, 9.17) is 10.5 Å². The van der Waals surface area contributed by atoms with Crippen molar-refractivity contribution in [3.05, 3.63) is 23.3 Å². The molecule has 1 aromatic rings. The molecule has 4 nitrogen and oxygen atoms in total. The van der Waals surface area contributed by atoms with Crippen LogP contribution in [0.15, 0.2) is 17.0 Å². The smallest absolute Gasteiger partial charge is 0.183 e. The Kier molecular flexibility index (Phi) is 3.93. The van der Waals surface area contributed by atoms with Gasteiger partial charge in [-0.3, -0.25) is 0 Å². The monoisotopic (exact) mass is 243 g/mol. The normalized spacial score (nSPS) is 11.5. The van der Waals surface area contributed by atoms with Gasteiger partial charge in [0.25, 0.3) is 0 Å². The summed E-state index contributed by atoms with van der Waals surface area (Å²) in [7, 11) is -1.88. The predicted molar refractivity (Wildman–Crippen MR) is 63.6 cm³/mol. The topological polar surface area (TPSA) is 69.4 Å². The van der Waals surface area contributed by atoms with Gasteiger partial charge in [-0.15, -0.1) is 0 Å². The molecule has 0 fully saturated rings. The number of hydrogen-bond donors (Lipinski definition) is 1. The molecule has 0 bridgehead atoms. The van der Waals surface area contributed by atoms with E-state index in [0.717, 1.165) is 11.1 Å². The third kappa shape index (κ3) is 2.54. The van der Waals surface area contributed by atoms with Gasteiger partial charge in [0.15, 0.2) is 9.84 Å². The number of aryl methyl sites for hydroxylation is 2. The fraction of sp³-hybridized carbons (Fsp3) is 0.455. The molecule has 90 valence electrons. The highest BCUT2D eigenvalue weighted by Crippen LogP contribution is 2.29. The maximum Gasteiger partial charge on any atom is 0.183 e. The molecule has 0 heterocycles. The predicted octanol–water partition coefficient (Wildman–Crippen LogP) is 1.04. The minimum absolute atomic E-state index is 0.0632. The Morgan fingerprint density at radius 2 is 1.94 bits per heavy atom. The molecular weight excluding hydrogens is 226 g/mol. The maximum atomic E-state index is 12.0. The summed E-state index contributed by atoms with van der Waals surface area (Å²) in [5, 5.41) is 0. The highest BCUT2D eigenvalue weighted by atomic mass is 32.2. The minimum Gasteiger partial charge on any atom is -0.495 e. The van der Waals surface area contributed by atoms with E-state index < -0.39 is 9.84 Å². The van der Waals surface area contributed by atoms with Crippen molar-refractivity contribution in [1.82, 2.24) is 0 Å². The summed E-state index contributed by atoms with van der Waals surface area (Å²) < 4.78 is 29.1. The molecule has 5 heteroatoms. The SMILES string of the molecule is COc1c(C)cc(C)cc1S(=O)(=O)CCN. The van der Waals surface area contributed by atoms with Crippen LogP contribution in [-0.4, -0.2) is 27.8 Å². The molecule has 0 unspecified atom stereocenters. The first-order valence-electron chi connectivity index (χ1n) is 5.00. The largest absolute Gasteiger partial charge is 0.495 e. The molecule has 0 amide bonds. The zero-order valence-corrected chi connectivity index (χ0v) is 10.6. The number of hydrogen-bond acceptors (Lipinski definition) is 4. The van der Waals surface area contributed by atoms with Crippen molar-refractivity contribution in [1.29, 1.82) is 0 Å². The van der Waals surface area contributed by atoms with Crippen LogP contribution >= 0.6 is 0 Å². The fourth-order valence-corrected chi connectivity index (χ4v) is 3.10. The Bertz CT molecular complexity index is 480. The van der Waals surface area contributed by atoms with Crippen LogP contribution in [0.25, 0.3) is 0 Å². The zero-order chi connectivity index (χ0) is 12.3. The molecule has 2 N–H and O–H groups in total. The van der Waals surface area contributed by atoms with Gasteiger partial charge in [-0.25, -0.2) is 8.42 Å². The second-order valence-corrected chi connectivity index (χ2v) is 5.80. The molecule has 0 atom stereocenters. The van der Waals surface area contributed by atoms with E-state index >= 15 is 0 Å². The number of methoxy groups -OCH3 is 1. The van der Waals surface area contributed by atoms with Crippen LogP contribution in [0.3, 0.4) is 0 Å². The van der Waals surface area contributed by atoms with Crippen LogP contribution < -0.4 is 10.5 Å². The van der Waals surface area contributed by atoms with Gasteiger partial charge >= 0.3 is 0 Å². The van der Waals surface area contributed by atoms with Crippen molar-refractivity contribution in [3.8, 4) is 5.75 Å². The van der Waals surface area contributed by atoms with Crippen molar-refractivity contribution in [2.24, 2.45) is 5.73 Å². The second kappa shape index (κ2) is 4.84. The zero-order valence-electron chi connectivity index (χ0n) is 9.78. The molecule has 0 aliphatic carbocycles. The van der Waals surface area contributed by atoms with Gasteiger partial charge in [-0.2, -0.15) is 0 Å². The van der Waals surface area contributed by atoms with Gasteiger partial charge in [0, 0.05) is 6.54 Å². The molecule has 1 aromatic carbocycles. The van der Waals surface area contributed by atoms with Gasteiger partial charge < -0.3 is 10.5 Å². The molecule has 0 aliphatic rings. The average Bonchev–Trinajstić information content (AvgIpc) is 2.16. The molecule has 0 aliphatic heterocycles. The second-order valence-electron chi connectivity index (χ2n) is 3.72. The van der Waals surface area contributed by atoms with Crippen LogP contribution in [0.1, 0.15) is 11.1 Å². The van der Waals surface area contributed by atoms with Crippen LogP contribution in [0.5, 0.6) is 5.75 Å². The van der Waals surface area contributed by atoms with Crippen molar-refractivity contribution < 1.29 is 13.2 Å². The third-order valence-corrected chi connectivity index (χ3v) is 4.06. The summed E-state index contributed by atoms with van der Waals surface area (Å²) in [5.74, 6) is 0.353. The summed E-state index contributed by atoms with van der Waals surface area (Å²) in [6.45, 7) is 3.79. The lowest BCUT2D eigenvalue weighted by Crippen LogP contribution is -2.17. The van der Waals surface area contributed by atoms with Crippen molar-refractivity contribution in [2.75, 3.05) is 19.4 Å². The summed E-state index contributed by atoms with van der Waals surface area (Å²) in [6, 6.07) is 3.51. The van der Waals surface area contributed by atoms with Crippen molar-refractivity contribution >= 4 is 9.84 Å². The van der Waals surface area contributed by atoms with E-state index in [1.54, 1.807) is 6.07 Å². The molecule has 1 rings (SSSR count). The van der Waals surface area contributed by atoms with E-state index in [1.165, 1.54) is 7.11 Å². The highest BCUT2D eigenvalue weighted by Gasteiger charge is 2.20. The van der Waals surface area contributed by atoms with Gasteiger partial charge in [0.2, 0.25) is 0 Å². The first-order chi connectivity index (χ1) is 7.42. The van der Waals surface area contributed by atoms with E-state index in [1.807, 2.05) is 19.9 Å². The molecule has 0 saturated heterocycles. The third-order valence-electron chi connectivity index (χ3n) is 2.31. The van der Waals surface area contributed by atoms with Crippen LogP contribution in [0.2, 0.25) is 0 Å². The number of ether oxygens (including phenoxy) is 1. The lowest BCUT2D eigenvalue weighted by molar-refractivity contribution is 0.399. The summed E-state index contributed by atoms with van der Waals surface area (Å²) in [4.78, 5) is 0.234. The standard InChI is InChI=1S/C11H17NO3S/c1-8-6-9(2)11(15-3)10(7-8)16(13,14)5-4-12/h6-7H,4-5,12H2,1-3H3. The molecule has 16 heavy (non-hydrogen) atoms. The lowest BCUT2D eigenvalue weighted by atomic mass is 10.1. The summed E-state index contributed by atoms with van der Waals surface area (Å²) in [5.41, 5.74) is 7.01. The Labute approximate surface area is 96.3 Å². The van der Waals surface area contributed by atoms with Gasteiger partial charge in [-0.05, 0) is 31.0 Å². The molecular formula is C11H17NO3S. The van der Waals surface area contributed by atoms with E-state index in [-0.39, 0.29) is 17.2 Å². The number of sulfone groups is 1. The fourth-order valence-electron chi connectivity index (χ4n) is 1.67. The first kappa shape index (κ1) is 13.0. The van der Waals surface area contributed by atoms with Crippen LogP contribution in [-0.2, 0) is 9.84 Å². The summed E-state index contributed by atoms with van der Waals surface area (Å²) >= 11 is 0.